The highest BCUT2D eigenvalue weighted by molar-refractivity contribution is 6.05. The minimum Gasteiger partial charge on any atom is -0.507 e. The van der Waals surface area contributed by atoms with E-state index in [4.69, 9.17) is 10.5 Å². The Labute approximate surface area is 105 Å². The van der Waals surface area contributed by atoms with Crippen molar-refractivity contribution in [2.24, 2.45) is 0 Å². The number of hydrogen-bond donors (Lipinski definition) is 3. The molecule has 0 fully saturated rings. The molecule has 18 heavy (non-hydrogen) atoms. The Morgan fingerprint density at radius 3 is 2.50 bits per heavy atom. The number of benzene rings is 1. The average molecular weight is 252 g/mol. The van der Waals surface area contributed by atoms with Crippen molar-refractivity contribution >= 4 is 17.7 Å². The third-order valence-corrected chi connectivity index (χ3v) is 1.88. The zero-order valence-corrected chi connectivity index (χ0v) is 10.5. The lowest BCUT2D eigenvalue weighted by Gasteiger charge is -2.19. The highest BCUT2D eigenvalue weighted by atomic mass is 16.6. The fraction of sp³-hybridized carbons (Fsp3) is 0.333. The number of carbonyl (C=O) groups excluding carboxylic acids is 2. The molecule has 0 bridgehead atoms. The zero-order chi connectivity index (χ0) is 13.9. The number of nitrogens with two attached hydrogens (primary N) is 1. The predicted molar refractivity (Wildman–Crippen MR) is 66.2 cm³/mol. The number of hydrogen-bond acceptors (Lipinski definition) is 5. The number of alkyl carbamates (subject to hydrolysis) is 1. The van der Waals surface area contributed by atoms with Crippen LogP contribution in [-0.4, -0.2) is 22.7 Å². The lowest BCUT2D eigenvalue weighted by atomic mass is 10.1. The van der Waals surface area contributed by atoms with Crippen LogP contribution in [0.15, 0.2) is 18.2 Å². The van der Waals surface area contributed by atoms with Crippen molar-refractivity contribution in [1.82, 2.24) is 5.32 Å². The Morgan fingerprint density at radius 1 is 1.33 bits per heavy atom. The van der Waals surface area contributed by atoms with E-state index in [0.717, 1.165) is 0 Å². The van der Waals surface area contributed by atoms with Gasteiger partial charge in [-0.15, -0.1) is 0 Å². The molecule has 4 N–H and O–H groups in total. The van der Waals surface area contributed by atoms with Gasteiger partial charge in [0.15, 0.2) is 0 Å². The normalized spacial score (nSPS) is 10.8. The summed E-state index contributed by atoms with van der Waals surface area (Å²) in [5, 5.41) is 11.5. The van der Waals surface area contributed by atoms with Gasteiger partial charge < -0.3 is 15.6 Å². The van der Waals surface area contributed by atoms with Crippen molar-refractivity contribution in [2.75, 3.05) is 5.73 Å². The number of rotatable bonds is 1. The van der Waals surface area contributed by atoms with Crippen LogP contribution >= 0.6 is 0 Å². The van der Waals surface area contributed by atoms with Crippen molar-refractivity contribution in [3.8, 4) is 5.75 Å². The number of phenolic OH excluding ortho intramolecular Hbond substituents is 1. The number of ether oxygens (including phenoxy) is 1. The number of nitrogens with one attached hydrogen (secondary N) is 1. The molecule has 0 aliphatic carbocycles. The molecule has 0 saturated carbocycles. The molecule has 0 saturated heterocycles. The molecule has 1 aromatic carbocycles. The molecule has 98 valence electrons. The first-order valence-electron chi connectivity index (χ1n) is 5.32. The Hall–Kier alpha value is -2.24. The third-order valence-electron chi connectivity index (χ3n) is 1.88. The molecular formula is C12H16N2O4. The minimum absolute atomic E-state index is 0.0825. The highest BCUT2D eigenvalue weighted by Gasteiger charge is 2.20. The molecule has 1 rings (SSSR count). The van der Waals surface area contributed by atoms with E-state index < -0.39 is 17.6 Å². The van der Waals surface area contributed by atoms with Crippen LogP contribution in [0, 0.1) is 0 Å². The van der Waals surface area contributed by atoms with Crippen molar-refractivity contribution in [1.29, 1.82) is 0 Å². The van der Waals surface area contributed by atoms with E-state index in [1.54, 1.807) is 20.8 Å². The van der Waals surface area contributed by atoms with Crippen LogP contribution in [0.5, 0.6) is 5.75 Å². The van der Waals surface area contributed by atoms with Gasteiger partial charge in [-0.05, 0) is 39.0 Å². The topological polar surface area (TPSA) is 102 Å². The van der Waals surface area contributed by atoms with E-state index in [0.29, 0.717) is 5.69 Å². The molecule has 0 aliphatic heterocycles. The summed E-state index contributed by atoms with van der Waals surface area (Å²) in [5.41, 5.74) is 5.01. The summed E-state index contributed by atoms with van der Waals surface area (Å²) in [6.07, 6.45) is -0.880. The lowest BCUT2D eigenvalue weighted by Crippen LogP contribution is -2.36. The van der Waals surface area contributed by atoms with Gasteiger partial charge in [0.05, 0.1) is 5.56 Å². The second-order valence-electron chi connectivity index (χ2n) is 4.73. The fourth-order valence-corrected chi connectivity index (χ4v) is 1.20. The van der Waals surface area contributed by atoms with Gasteiger partial charge in [0, 0.05) is 5.69 Å². The monoisotopic (exact) mass is 252 g/mol. The molecule has 6 nitrogen and oxygen atoms in total. The van der Waals surface area contributed by atoms with Crippen molar-refractivity contribution in [3.63, 3.8) is 0 Å². The molecule has 0 aromatic heterocycles. The Morgan fingerprint density at radius 2 is 1.94 bits per heavy atom. The van der Waals surface area contributed by atoms with E-state index in [9.17, 15) is 14.7 Å². The first-order valence-corrected chi connectivity index (χ1v) is 5.32. The summed E-state index contributed by atoms with van der Waals surface area (Å²) in [6, 6.07) is 3.99. The van der Waals surface area contributed by atoms with E-state index in [1.807, 2.05) is 5.32 Å². The number of aromatic hydroxyl groups is 1. The van der Waals surface area contributed by atoms with Gasteiger partial charge in [-0.3, -0.25) is 10.1 Å². The third kappa shape index (κ3) is 3.97. The van der Waals surface area contributed by atoms with Gasteiger partial charge >= 0.3 is 6.09 Å². The summed E-state index contributed by atoms with van der Waals surface area (Å²) in [5.74, 6) is -1.03. The van der Waals surface area contributed by atoms with E-state index in [2.05, 4.69) is 0 Å². The summed E-state index contributed by atoms with van der Waals surface area (Å²) in [7, 11) is 0. The van der Waals surface area contributed by atoms with E-state index in [-0.39, 0.29) is 11.3 Å². The summed E-state index contributed by atoms with van der Waals surface area (Å²) in [4.78, 5) is 23.1. The van der Waals surface area contributed by atoms with Gasteiger partial charge in [0.2, 0.25) is 0 Å². The Balaban J connectivity index is 2.77. The number of phenols is 1. The molecule has 0 unspecified atom stereocenters. The second kappa shape index (κ2) is 4.95. The van der Waals surface area contributed by atoms with Gasteiger partial charge in [0.25, 0.3) is 5.91 Å². The molecular weight excluding hydrogens is 236 g/mol. The van der Waals surface area contributed by atoms with Crippen molar-refractivity contribution in [3.05, 3.63) is 23.8 Å². The Bertz CT molecular complexity index is 477. The standard InChI is InChI=1S/C12H16N2O4/c1-12(2,3)18-11(17)14-10(16)8-6-7(13)4-5-9(8)15/h4-6,15H,13H2,1-3H3,(H,14,16,17). The summed E-state index contributed by atoms with van der Waals surface area (Å²) >= 11 is 0. The van der Waals surface area contributed by atoms with Crippen LogP contribution in [0.25, 0.3) is 0 Å². The molecule has 0 aliphatic rings. The van der Waals surface area contributed by atoms with Crippen LogP contribution in [0.3, 0.4) is 0 Å². The van der Waals surface area contributed by atoms with Crippen LogP contribution in [0.2, 0.25) is 0 Å². The van der Waals surface area contributed by atoms with Crippen molar-refractivity contribution in [2.45, 2.75) is 26.4 Å². The molecule has 2 amide bonds. The maximum Gasteiger partial charge on any atom is 0.414 e. The predicted octanol–water partition coefficient (Wildman–Crippen LogP) is 1.64. The van der Waals surface area contributed by atoms with Crippen LogP contribution in [-0.2, 0) is 4.74 Å². The van der Waals surface area contributed by atoms with E-state index >= 15 is 0 Å². The lowest BCUT2D eigenvalue weighted by molar-refractivity contribution is 0.0508. The largest absolute Gasteiger partial charge is 0.507 e. The summed E-state index contributed by atoms with van der Waals surface area (Å²) < 4.78 is 4.92. The van der Waals surface area contributed by atoms with Crippen LogP contribution in [0.1, 0.15) is 31.1 Å². The number of imide groups is 1. The maximum absolute atomic E-state index is 11.7. The molecule has 1 aromatic rings. The zero-order valence-electron chi connectivity index (χ0n) is 10.5. The average Bonchev–Trinajstić information content (AvgIpc) is 2.18. The SMILES string of the molecule is CC(C)(C)OC(=O)NC(=O)c1cc(N)ccc1O. The second-order valence-corrected chi connectivity index (χ2v) is 4.73. The fourth-order valence-electron chi connectivity index (χ4n) is 1.20. The molecule has 0 radical (unpaired) electrons. The number of amides is 2. The number of nitrogen functional groups attached to an aromatic ring is 1. The van der Waals surface area contributed by atoms with Crippen LogP contribution < -0.4 is 11.1 Å². The Kier molecular flexibility index (Phi) is 3.80. The van der Waals surface area contributed by atoms with Gasteiger partial charge in [-0.1, -0.05) is 0 Å². The van der Waals surface area contributed by atoms with Crippen LogP contribution in [0.4, 0.5) is 10.5 Å². The number of carbonyl (C=O) groups is 2. The van der Waals surface area contributed by atoms with E-state index in [1.165, 1.54) is 18.2 Å². The first kappa shape index (κ1) is 13.8. The van der Waals surface area contributed by atoms with Crippen molar-refractivity contribution < 1.29 is 19.4 Å². The number of anilines is 1. The molecule has 0 spiro atoms. The quantitative estimate of drug-likeness (QED) is 0.521. The smallest absolute Gasteiger partial charge is 0.414 e. The minimum atomic E-state index is -0.880. The highest BCUT2D eigenvalue weighted by Crippen LogP contribution is 2.19. The van der Waals surface area contributed by atoms with Gasteiger partial charge in [0.1, 0.15) is 11.4 Å². The maximum atomic E-state index is 11.7. The molecule has 0 atom stereocenters. The molecule has 6 heteroatoms. The molecule has 0 heterocycles. The van der Waals surface area contributed by atoms with Gasteiger partial charge in [-0.2, -0.15) is 0 Å². The van der Waals surface area contributed by atoms with Gasteiger partial charge in [-0.25, -0.2) is 4.79 Å². The first-order chi connectivity index (χ1) is 8.19. The summed E-state index contributed by atoms with van der Waals surface area (Å²) in [6.45, 7) is 5.03.